The molecule has 1 aliphatic heterocycles. The molecule has 54 heavy (non-hydrogen) atoms. The highest BCUT2D eigenvalue weighted by Crippen LogP contribution is 2.50. The SMILES string of the molecule is CC1(C)c2cc(-c3cccc(-c4nc(-c5cccc6c5oc5ccccc56)nc5ccccc45)c3)ccc2-n2c3c1cccc3c1oc3ccccc3c12. The molecule has 7 aromatic carbocycles. The average Bonchev–Trinajstić information content (AvgIpc) is 3.89. The first-order valence-electron chi connectivity index (χ1n) is 18.4. The van der Waals surface area contributed by atoms with Gasteiger partial charge in [-0.05, 0) is 76.9 Å². The normalized spacial score (nSPS) is 13.5. The first kappa shape index (κ1) is 29.6. The second-order valence-electron chi connectivity index (χ2n) is 14.9. The number of hydrogen-bond donors (Lipinski definition) is 0. The fourth-order valence-electron chi connectivity index (χ4n) is 9.00. The number of furan rings is 2. The Kier molecular flexibility index (Phi) is 5.78. The minimum atomic E-state index is -0.237. The van der Waals surface area contributed by atoms with Crippen molar-refractivity contribution in [2.24, 2.45) is 0 Å². The molecule has 5 nitrogen and oxygen atoms in total. The van der Waals surface area contributed by atoms with E-state index in [9.17, 15) is 0 Å². The molecule has 0 atom stereocenters. The van der Waals surface area contributed by atoms with Crippen molar-refractivity contribution in [2.75, 3.05) is 0 Å². The number of fused-ring (bicyclic) bond motifs is 11. The van der Waals surface area contributed by atoms with E-state index >= 15 is 0 Å². The zero-order chi connectivity index (χ0) is 35.7. The van der Waals surface area contributed by atoms with Gasteiger partial charge in [0, 0.05) is 37.9 Å². The number of para-hydroxylation sites is 5. The standard InChI is InChI=1S/C49H31N3O2/c1-49(2)37-20-11-18-35-44(37)52(45-34-16-5-8-23-42(34)54-47(35)45)40-25-24-29(27-38(40)49)28-12-9-13-30(26-28)43-33-15-3-6-21-39(33)50-48(51-43)36-19-10-17-32-31-14-4-7-22-41(31)53-46(32)36/h3-27H,1-2H3. The van der Waals surface area contributed by atoms with Crippen molar-refractivity contribution in [1.29, 1.82) is 0 Å². The van der Waals surface area contributed by atoms with E-state index in [1.54, 1.807) is 0 Å². The van der Waals surface area contributed by atoms with Crippen LogP contribution < -0.4 is 0 Å². The predicted molar refractivity (Wildman–Crippen MR) is 219 cm³/mol. The minimum Gasteiger partial charge on any atom is -0.455 e. The van der Waals surface area contributed by atoms with Gasteiger partial charge in [0.1, 0.15) is 22.3 Å². The molecule has 0 radical (unpaired) electrons. The number of hydrogen-bond acceptors (Lipinski definition) is 4. The van der Waals surface area contributed by atoms with Gasteiger partial charge in [0.2, 0.25) is 0 Å². The van der Waals surface area contributed by atoms with E-state index < -0.39 is 0 Å². The van der Waals surface area contributed by atoms with Crippen molar-refractivity contribution < 1.29 is 8.83 Å². The molecule has 5 heteroatoms. The van der Waals surface area contributed by atoms with Crippen molar-refractivity contribution in [3.8, 4) is 39.5 Å². The Bertz CT molecular complexity index is 3380. The van der Waals surface area contributed by atoms with Crippen molar-refractivity contribution in [3.63, 3.8) is 0 Å². The van der Waals surface area contributed by atoms with Crippen LogP contribution in [-0.4, -0.2) is 14.5 Å². The van der Waals surface area contributed by atoms with Gasteiger partial charge in [0.05, 0.1) is 28.0 Å². The van der Waals surface area contributed by atoms with Crippen LogP contribution in [0.15, 0.2) is 160 Å². The molecule has 0 saturated carbocycles. The summed E-state index contributed by atoms with van der Waals surface area (Å²) < 4.78 is 15.4. The fourth-order valence-corrected chi connectivity index (χ4v) is 9.00. The number of benzene rings is 7. The Morgan fingerprint density at radius 3 is 2.04 bits per heavy atom. The quantitative estimate of drug-likeness (QED) is 0.185. The molecule has 254 valence electrons. The molecular formula is C49H31N3O2. The number of aromatic nitrogens is 3. The summed E-state index contributed by atoms with van der Waals surface area (Å²) in [7, 11) is 0. The molecule has 4 aromatic heterocycles. The lowest BCUT2D eigenvalue weighted by Crippen LogP contribution is -2.26. The van der Waals surface area contributed by atoms with Gasteiger partial charge in [-0.15, -0.1) is 0 Å². The highest BCUT2D eigenvalue weighted by atomic mass is 16.3. The van der Waals surface area contributed by atoms with Crippen LogP contribution in [0.4, 0.5) is 0 Å². The summed E-state index contributed by atoms with van der Waals surface area (Å²) in [5.74, 6) is 0.643. The Balaban J connectivity index is 1.04. The van der Waals surface area contributed by atoms with Crippen LogP contribution in [0.3, 0.4) is 0 Å². The van der Waals surface area contributed by atoms with Crippen LogP contribution in [0.25, 0.3) is 105 Å². The first-order valence-corrected chi connectivity index (χ1v) is 18.4. The first-order chi connectivity index (χ1) is 26.5. The Morgan fingerprint density at radius 1 is 0.481 bits per heavy atom. The van der Waals surface area contributed by atoms with E-state index in [0.29, 0.717) is 5.82 Å². The molecule has 0 spiro atoms. The van der Waals surface area contributed by atoms with E-state index in [0.717, 1.165) is 88.2 Å². The third-order valence-electron chi connectivity index (χ3n) is 11.6. The van der Waals surface area contributed by atoms with Gasteiger partial charge in [0.15, 0.2) is 11.4 Å². The zero-order valence-electron chi connectivity index (χ0n) is 29.6. The van der Waals surface area contributed by atoms with E-state index in [4.69, 9.17) is 18.8 Å². The third kappa shape index (κ3) is 3.93. The van der Waals surface area contributed by atoms with Gasteiger partial charge in [-0.2, -0.15) is 0 Å². The molecule has 12 rings (SSSR count). The van der Waals surface area contributed by atoms with E-state index in [1.165, 1.54) is 22.3 Å². The average molecular weight is 694 g/mol. The summed E-state index contributed by atoms with van der Waals surface area (Å²) in [6.07, 6.45) is 0. The Labute approximate surface area is 309 Å². The van der Waals surface area contributed by atoms with E-state index in [-0.39, 0.29) is 5.41 Å². The summed E-state index contributed by atoms with van der Waals surface area (Å²) in [6, 6.07) is 53.3. The smallest absolute Gasteiger partial charge is 0.164 e. The summed E-state index contributed by atoms with van der Waals surface area (Å²) in [4.78, 5) is 10.4. The van der Waals surface area contributed by atoms with E-state index in [1.807, 2.05) is 30.3 Å². The third-order valence-corrected chi connectivity index (χ3v) is 11.6. The monoisotopic (exact) mass is 693 g/mol. The lowest BCUT2D eigenvalue weighted by Gasteiger charge is -2.35. The van der Waals surface area contributed by atoms with Crippen LogP contribution in [-0.2, 0) is 5.41 Å². The molecule has 11 aromatic rings. The van der Waals surface area contributed by atoms with Crippen molar-refractivity contribution >= 4 is 65.8 Å². The molecule has 0 fully saturated rings. The second kappa shape index (κ2) is 10.6. The van der Waals surface area contributed by atoms with Gasteiger partial charge >= 0.3 is 0 Å². The van der Waals surface area contributed by atoms with Crippen LogP contribution in [0.1, 0.15) is 25.0 Å². The van der Waals surface area contributed by atoms with Crippen molar-refractivity contribution in [2.45, 2.75) is 19.3 Å². The van der Waals surface area contributed by atoms with Crippen molar-refractivity contribution in [1.82, 2.24) is 14.5 Å². The Hall–Kier alpha value is -6.98. The largest absolute Gasteiger partial charge is 0.455 e. The van der Waals surface area contributed by atoms with E-state index in [2.05, 4.69) is 140 Å². The highest BCUT2D eigenvalue weighted by molar-refractivity contribution is 6.18. The molecule has 0 N–H and O–H groups in total. The summed E-state index contributed by atoms with van der Waals surface area (Å²) in [5.41, 5.74) is 15.4. The molecule has 0 unspecified atom stereocenters. The summed E-state index contributed by atoms with van der Waals surface area (Å²) in [6.45, 7) is 4.68. The van der Waals surface area contributed by atoms with Crippen LogP contribution in [0.2, 0.25) is 0 Å². The fraction of sp³-hybridized carbons (Fsp3) is 0.0612. The zero-order valence-corrected chi connectivity index (χ0v) is 29.6. The van der Waals surface area contributed by atoms with Crippen LogP contribution in [0.5, 0.6) is 0 Å². The topological polar surface area (TPSA) is 57.0 Å². The molecular weight excluding hydrogens is 663 g/mol. The minimum absolute atomic E-state index is 0.237. The van der Waals surface area contributed by atoms with Crippen molar-refractivity contribution in [3.05, 3.63) is 163 Å². The maximum absolute atomic E-state index is 6.53. The molecule has 1 aliphatic rings. The van der Waals surface area contributed by atoms with Gasteiger partial charge in [-0.3, -0.25) is 0 Å². The lowest BCUT2D eigenvalue weighted by molar-refractivity contribution is 0.630. The maximum Gasteiger partial charge on any atom is 0.164 e. The molecule has 0 amide bonds. The maximum atomic E-state index is 6.53. The molecule has 0 bridgehead atoms. The predicted octanol–water partition coefficient (Wildman–Crippen LogP) is 13.0. The van der Waals surface area contributed by atoms with Gasteiger partial charge < -0.3 is 13.4 Å². The van der Waals surface area contributed by atoms with Gasteiger partial charge in [0.25, 0.3) is 0 Å². The molecule has 5 heterocycles. The van der Waals surface area contributed by atoms with Crippen LogP contribution >= 0.6 is 0 Å². The number of rotatable bonds is 3. The highest BCUT2D eigenvalue weighted by Gasteiger charge is 2.36. The lowest BCUT2D eigenvalue weighted by atomic mass is 9.74. The molecule has 0 saturated heterocycles. The van der Waals surface area contributed by atoms with Gasteiger partial charge in [-0.1, -0.05) is 111 Å². The Morgan fingerprint density at radius 2 is 1.15 bits per heavy atom. The molecule has 0 aliphatic carbocycles. The summed E-state index contributed by atoms with van der Waals surface area (Å²) in [5, 5.41) is 5.44. The second-order valence-corrected chi connectivity index (χ2v) is 14.9. The van der Waals surface area contributed by atoms with Gasteiger partial charge in [-0.25, -0.2) is 9.97 Å². The number of nitrogens with zero attached hydrogens (tertiary/aromatic N) is 3. The summed E-state index contributed by atoms with van der Waals surface area (Å²) >= 11 is 0. The van der Waals surface area contributed by atoms with Crippen LogP contribution in [0, 0.1) is 0 Å².